The second-order valence-corrected chi connectivity index (χ2v) is 4.48. The molecule has 2 rings (SSSR count). The molecule has 1 atom stereocenters. The molecule has 1 heterocycles. The topological polar surface area (TPSA) is 39.1 Å². The summed E-state index contributed by atoms with van der Waals surface area (Å²) in [5.74, 6) is -0.409. The molecule has 1 aliphatic heterocycles. The lowest BCUT2D eigenvalue weighted by molar-refractivity contribution is 0.189. The van der Waals surface area contributed by atoms with Gasteiger partial charge in [-0.15, -0.1) is 0 Å². The number of nitrogens with one attached hydrogen (secondary N) is 1. The van der Waals surface area contributed by atoms with Crippen molar-refractivity contribution in [2.45, 2.75) is 12.6 Å². The number of hydrogen-bond donors (Lipinski definition) is 1. The number of benzene rings is 1. The normalized spacial score (nSPS) is 21.1. The van der Waals surface area contributed by atoms with Gasteiger partial charge in [0.2, 0.25) is 0 Å². The highest BCUT2D eigenvalue weighted by atomic mass is 35.5. The number of nitriles is 1. The maximum absolute atomic E-state index is 13.3. The number of piperazine rings is 1. The molecule has 0 spiro atoms. The van der Waals surface area contributed by atoms with E-state index in [4.69, 9.17) is 16.9 Å². The van der Waals surface area contributed by atoms with Gasteiger partial charge in [-0.3, -0.25) is 4.90 Å². The summed E-state index contributed by atoms with van der Waals surface area (Å²) in [7, 11) is 0. The van der Waals surface area contributed by atoms with Crippen molar-refractivity contribution < 1.29 is 4.39 Å². The van der Waals surface area contributed by atoms with E-state index in [0.717, 1.165) is 18.7 Å². The van der Waals surface area contributed by atoms with Gasteiger partial charge in [0.15, 0.2) is 0 Å². The van der Waals surface area contributed by atoms with Gasteiger partial charge in [-0.25, -0.2) is 4.39 Å². The first kappa shape index (κ1) is 12.3. The first-order chi connectivity index (χ1) is 8.20. The average Bonchev–Trinajstić information content (AvgIpc) is 2.34. The summed E-state index contributed by atoms with van der Waals surface area (Å²) in [5.41, 5.74) is 0.842. The van der Waals surface area contributed by atoms with Gasteiger partial charge in [-0.1, -0.05) is 17.7 Å². The van der Waals surface area contributed by atoms with Gasteiger partial charge in [0, 0.05) is 26.2 Å². The first-order valence-corrected chi connectivity index (χ1v) is 5.87. The predicted molar refractivity (Wildman–Crippen MR) is 64.1 cm³/mol. The summed E-state index contributed by atoms with van der Waals surface area (Å²) in [6.07, 6.45) is 0. The molecule has 1 aliphatic rings. The Morgan fingerprint density at radius 2 is 2.41 bits per heavy atom. The zero-order valence-electron chi connectivity index (χ0n) is 9.29. The number of hydrogen-bond acceptors (Lipinski definition) is 3. The van der Waals surface area contributed by atoms with Crippen LogP contribution in [0.15, 0.2) is 18.2 Å². The van der Waals surface area contributed by atoms with Crippen LogP contribution in [0.2, 0.25) is 5.02 Å². The van der Waals surface area contributed by atoms with Crippen molar-refractivity contribution in [2.75, 3.05) is 19.6 Å². The van der Waals surface area contributed by atoms with E-state index in [1.807, 2.05) is 4.90 Å². The quantitative estimate of drug-likeness (QED) is 0.873. The van der Waals surface area contributed by atoms with Crippen LogP contribution >= 0.6 is 11.6 Å². The van der Waals surface area contributed by atoms with Crippen LogP contribution in [0.3, 0.4) is 0 Å². The molecule has 1 aromatic carbocycles. The zero-order chi connectivity index (χ0) is 12.3. The molecule has 1 N–H and O–H groups in total. The summed E-state index contributed by atoms with van der Waals surface area (Å²) < 4.78 is 13.3. The highest BCUT2D eigenvalue weighted by molar-refractivity contribution is 6.30. The van der Waals surface area contributed by atoms with E-state index in [-0.39, 0.29) is 11.1 Å². The maximum atomic E-state index is 13.3. The lowest BCUT2D eigenvalue weighted by Crippen LogP contribution is -2.49. The zero-order valence-corrected chi connectivity index (χ0v) is 10.0. The van der Waals surface area contributed by atoms with Crippen LogP contribution < -0.4 is 5.32 Å². The molecule has 0 saturated carbocycles. The molecule has 0 aliphatic carbocycles. The Labute approximate surface area is 105 Å². The summed E-state index contributed by atoms with van der Waals surface area (Å²) in [6, 6.07) is 6.87. The van der Waals surface area contributed by atoms with Crippen molar-refractivity contribution in [2.24, 2.45) is 0 Å². The monoisotopic (exact) mass is 253 g/mol. The smallest absolute Gasteiger partial charge is 0.142 e. The predicted octanol–water partition coefficient (Wildman–Crippen LogP) is 1.78. The van der Waals surface area contributed by atoms with Gasteiger partial charge in [0.1, 0.15) is 11.9 Å². The van der Waals surface area contributed by atoms with Gasteiger partial charge in [-0.05, 0) is 17.7 Å². The van der Waals surface area contributed by atoms with Gasteiger partial charge in [-0.2, -0.15) is 5.26 Å². The van der Waals surface area contributed by atoms with Crippen molar-refractivity contribution in [3.8, 4) is 6.07 Å². The minimum Gasteiger partial charge on any atom is -0.313 e. The fourth-order valence-electron chi connectivity index (χ4n) is 1.94. The minimum atomic E-state index is -0.409. The Morgan fingerprint density at radius 1 is 1.59 bits per heavy atom. The second-order valence-electron chi connectivity index (χ2n) is 4.07. The molecule has 3 nitrogen and oxygen atoms in total. The van der Waals surface area contributed by atoms with Gasteiger partial charge in [0.25, 0.3) is 0 Å². The van der Waals surface area contributed by atoms with E-state index in [1.165, 1.54) is 6.07 Å². The van der Waals surface area contributed by atoms with Crippen molar-refractivity contribution in [1.29, 1.82) is 5.26 Å². The molecule has 0 amide bonds. The van der Waals surface area contributed by atoms with E-state index in [2.05, 4.69) is 11.4 Å². The van der Waals surface area contributed by atoms with Crippen molar-refractivity contribution in [3.05, 3.63) is 34.6 Å². The summed E-state index contributed by atoms with van der Waals surface area (Å²) in [6.45, 7) is 2.89. The van der Waals surface area contributed by atoms with Crippen LogP contribution in [0.4, 0.5) is 4.39 Å². The Bertz CT molecular complexity index is 444. The molecule has 0 radical (unpaired) electrons. The Kier molecular flexibility index (Phi) is 3.95. The third kappa shape index (κ3) is 2.95. The standard InChI is InChI=1S/C12H13ClFN3/c13-11-2-1-9(5-12(11)14)8-17-4-3-16-7-10(17)6-15/h1-2,5,10,16H,3-4,7-8H2. The third-order valence-corrected chi connectivity index (χ3v) is 3.18. The van der Waals surface area contributed by atoms with Crippen molar-refractivity contribution in [3.63, 3.8) is 0 Å². The lowest BCUT2D eigenvalue weighted by atomic mass is 10.1. The molecular formula is C12H13ClFN3. The van der Waals surface area contributed by atoms with Crippen LogP contribution in [0, 0.1) is 17.1 Å². The Hall–Kier alpha value is -1.15. The molecular weight excluding hydrogens is 241 g/mol. The van der Waals surface area contributed by atoms with Crippen LogP contribution in [-0.4, -0.2) is 30.6 Å². The summed E-state index contributed by atoms with van der Waals surface area (Å²) in [4.78, 5) is 2.04. The third-order valence-electron chi connectivity index (χ3n) is 2.87. The maximum Gasteiger partial charge on any atom is 0.142 e. The van der Waals surface area contributed by atoms with Crippen LogP contribution in [0.5, 0.6) is 0 Å². The molecule has 1 saturated heterocycles. The fraction of sp³-hybridized carbons (Fsp3) is 0.417. The molecule has 1 unspecified atom stereocenters. The van der Waals surface area contributed by atoms with E-state index in [9.17, 15) is 4.39 Å². The second kappa shape index (κ2) is 5.46. The van der Waals surface area contributed by atoms with E-state index in [0.29, 0.717) is 13.1 Å². The molecule has 90 valence electrons. The van der Waals surface area contributed by atoms with Gasteiger partial charge < -0.3 is 5.32 Å². The molecule has 1 aromatic rings. The summed E-state index contributed by atoms with van der Waals surface area (Å²) >= 11 is 5.63. The van der Waals surface area contributed by atoms with Crippen molar-refractivity contribution >= 4 is 11.6 Å². The van der Waals surface area contributed by atoms with E-state index >= 15 is 0 Å². The average molecular weight is 254 g/mol. The number of rotatable bonds is 2. The molecule has 1 fully saturated rings. The molecule has 17 heavy (non-hydrogen) atoms. The molecule has 5 heteroatoms. The van der Waals surface area contributed by atoms with Crippen molar-refractivity contribution in [1.82, 2.24) is 10.2 Å². The number of nitrogens with zero attached hydrogens (tertiary/aromatic N) is 2. The van der Waals surface area contributed by atoms with E-state index in [1.54, 1.807) is 12.1 Å². The van der Waals surface area contributed by atoms with E-state index < -0.39 is 5.82 Å². The molecule has 0 aromatic heterocycles. The van der Waals surface area contributed by atoms with Crippen LogP contribution in [-0.2, 0) is 6.54 Å². The summed E-state index contributed by atoms with van der Waals surface area (Å²) in [5, 5.41) is 12.3. The highest BCUT2D eigenvalue weighted by Crippen LogP contribution is 2.17. The van der Waals surface area contributed by atoms with Crippen LogP contribution in [0.1, 0.15) is 5.56 Å². The van der Waals surface area contributed by atoms with Crippen LogP contribution in [0.25, 0.3) is 0 Å². The SMILES string of the molecule is N#CC1CNCCN1Cc1ccc(Cl)c(F)c1. The van der Waals surface area contributed by atoms with Gasteiger partial charge in [0.05, 0.1) is 11.1 Å². The largest absolute Gasteiger partial charge is 0.313 e. The molecule has 0 bridgehead atoms. The minimum absolute atomic E-state index is 0.130. The Balaban J connectivity index is 2.09. The number of halogens is 2. The lowest BCUT2D eigenvalue weighted by Gasteiger charge is -2.31. The fourth-order valence-corrected chi connectivity index (χ4v) is 2.05. The first-order valence-electron chi connectivity index (χ1n) is 5.49. The Morgan fingerprint density at radius 3 is 3.12 bits per heavy atom. The highest BCUT2D eigenvalue weighted by Gasteiger charge is 2.21. The van der Waals surface area contributed by atoms with Gasteiger partial charge >= 0.3 is 0 Å².